The Morgan fingerprint density at radius 3 is 2.60 bits per heavy atom. The van der Waals surface area contributed by atoms with E-state index in [0.29, 0.717) is 5.41 Å². The molecule has 2 rings (SSSR count). The maximum Gasteiger partial charge on any atom is 0.0354 e. The molecule has 2 unspecified atom stereocenters. The quantitative estimate of drug-likeness (QED) is 0.628. The summed E-state index contributed by atoms with van der Waals surface area (Å²) in [5.74, 6) is 0.735. The second-order valence-electron chi connectivity index (χ2n) is 9.28. The maximum absolute atomic E-state index is 2.46. The van der Waals surface area contributed by atoms with Gasteiger partial charge >= 0.3 is 0 Å². The molecule has 0 amide bonds. The number of allylic oxidation sites excluding steroid dienone is 5. The van der Waals surface area contributed by atoms with Gasteiger partial charge in [0.15, 0.2) is 0 Å². The van der Waals surface area contributed by atoms with E-state index in [2.05, 4.69) is 95.2 Å². The summed E-state index contributed by atoms with van der Waals surface area (Å²) in [6, 6.07) is 0. The van der Waals surface area contributed by atoms with Crippen LogP contribution in [0.15, 0.2) is 47.7 Å². The Kier molecular flexibility index (Phi) is 6.37. The number of rotatable bonds is 5. The summed E-state index contributed by atoms with van der Waals surface area (Å²) in [6.07, 6.45) is 17.9. The van der Waals surface area contributed by atoms with Crippen molar-refractivity contribution >= 4 is 0 Å². The van der Waals surface area contributed by atoms with Gasteiger partial charge in [0.05, 0.1) is 0 Å². The highest BCUT2D eigenvalue weighted by Crippen LogP contribution is 2.57. The van der Waals surface area contributed by atoms with Crippen LogP contribution in [-0.2, 0) is 0 Å². The summed E-state index contributed by atoms with van der Waals surface area (Å²) >= 11 is 0. The van der Waals surface area contributed by atoms with Crippen molar-refractivity contribution in [3.8, 4) is 0 Å². The van der Waals surface area contributed by atoms with Crippen molar-refractivity contribution in [1.82, 2.24) is 9.80 Å². The van der Waals surface area contributed by atoms with Crippen LogP contribution in [0.5, 0.6) is 0 Å². The standard InChI is InChI=1S/C23H38N2/c1-8-10-20(12-14-24(5)6)23(21-11-9-13-25(7)17-21)16-19(2)15-22(3,4)18-23/h8-12,17,19H,13-16,18H2,1-7H3/b10-8-,20-12+. The first-order valence-corrected chi connectivity index (χ1v) is 9.76. The lowest BCUT2D eigenvalue weighted by Crippen LogP contribution is -2.40. The van der Waals surface area contributed by atoms with Crippen LogP contribution in [-0.4, -0.2) is 44.0 Å². The van der Waals surface area contributed by atoms with Gasteiger partial charge in [0.2, 0.25) is 0 Å². The molecule has 1 heterocycles. The molecule has 0 aromatic carbocycles. The van der Waals surface area contributed by atoms with E-state index < -0.39 is 0 Å². The molecule has 0 aromatic rings. The van der Waals surface area contributed by atoms with Gasteiger partial charge in [0, 0.05) is 31.8 Å². The summed E-state index contributed by atoms with van der Waals surface area (Å²) in [5.41, 5.74) is 3.47. The molecule has 1 fully saturated rings. The molecule has 2 nitrogen and oxygen atoms in total. The number of hydrogen-bond acceptors (Lipinski definition) is 2. The second-order valence-corrected chi connectivity index (χ2v) is 9.28. The Hall–Kier alpha value is -1.28. The predicted octanol–water partition coefficient (Wildman–Crippen LogP) is 5.27. The monoisotopic (exact) mass is 342 g/mol. The van der Waals surface area contributed by atoms with E-state index in [1.165, 1.54) is 30.4 Å². The fourth-order valence-corrected chi connectivity index (χ4v) is 5.02. The van der Waals surface area contributed by atoms with Crippen molar-refractivity contribution in [2.24, 2.45) is 16.7 Å². The molecule has 0 N–H and O–H groups in total. The van der Waals surface area contributed by atoms with Crippen LogP contribution in [0.1, 0.15) is 47.0 Å². The first kappa shape index (κ1) is 20.0. The summed E-state index contributed by atoms with van der Waals surface area (Å²) in [5, 5.41) is 0. The highest BCUT2D eigenvalue weighted by molar-refractivity contribution is 5.44. The first-order valence-electron chi connectivity index (χ1n) is 9.76. The second kappa shape index (κ2) is 7.95. The van der Waals surface area contributed by atoms with Crippen LogP contribution in [0.3, 0.4) is 0 Å². The molecule has 140 valence electrons. The van der Waals surface area contributed by atoms with Gasteiger partial charge in [0.1, 0.15) is 0 Å². The van der Waals surface area contributed by atoms with E-state index in [4.69, 9.17) is 0 Å². The lowest BCUT2D eigenvalue weighted by Gasteiger charge is -2.50. The number of nitrogens with zero attached hydrogens (tertiary/aromatic N) is 2. The van der Waals surface area contributed by atoms with Crippen LogP contribution in [0, 0.1) is 16.7 Å². The minimum absolute atomic E-state index is 0.120. The van der Waals surface area contributed by atoms with Gasteiger partial charge in [0.25, 0.3) is 0 Å². The summed E-state index contributed by atoms with van der Waals surface area (Å²) in [6.45, 7) is 11.5. The van der Waals surface area contributed by atoms with Crippen LogP contribution < -0.4 is 0 Å². The fraction of sp³-hybridized carbons (Fsp3) is 0.652. The zero-order chi connectivity index (χ0) is 18.7. The Bertz CT molecular complexity index is 577. The van der Waals surface area contributed by atoms with Crippen molar-refractivity contribution in [3.05, 3.63) is 47.7 Å². The Labute approximate surface area is 156 Å². The Balaban J connectivity index is 2.58. The molecule has 0 saturated heterocycles. The molecule has 0 radical (unpaired) electrons. The Morgan fingerprint density at radius 2 is 2.04 bits per heavy atom. The lowest BCUT2D eigenvalue weighted by molar-refractivity contribution is 0.102. The molecular weight excluding hydrogens is 304 g/mol. The molecule has 1 saturated carbocycles. The average molecular weight is 343 g/mol. The summed E-state index contributed by atoms with van der Waals surface area (Å²) in [4.78, 5) is 4.58. The minimum atomic E-state index is 0.120. The molecular formula is C23H38N2. The van der Waals surface area contributed by atoms with Crippen LogP contribution in [0.2, 0.25) is 0 Å². The van der Waals surface area contributed by atoms with Gasteiger partial charge in [-0.05, 0) is 62.8 Å². The molecule has 0 aromatic heterocycles. The lowest BCUT2D eigenvalue weighted by atomic mass is 9.54. The highest BCUT2D eigenvalue weighted by Gasteiger charge is 2.46. The van der Waals surface area contributed by atoms with E-state index >= 15 is 0 Å². The topological polar surface area (TPSA) is 6.48 Å². The third-order valence-corrected chi connectivity index (χ3v) is 5.56. The molecule has 1 aliphatic carbocycles. The van der Waals surface area contributed by atoms with Crippen molar-refractivity contribution < 1.29 is 0 Å². The average Bonchev–Trinajstić information content (AvgIpc) is 2.49. The summed E-state index contributed by atoms with van der Waals surface area (Å²) < 4.78 is 0. The van der Waals surface area contributed by atoms with Crippen molar-refractivity contribution in [2.75, 3.05) is 34.2 Å². The number of likely N-dealkylation sites (N-methyl/N-ethyl adjacent to an activating group) is 2. The van der Waals surface area contributed by atoms with E-state index in [1.807, 2.05) is 0 Å². The third-order valence-electron chi connectivity index (χ3n) is 5.56. The van der Waals surface area contributed by atoms with Gasteiger partial charge in [-0.1, -0.05) is 51.2 Å². The fourth-order valence-electron chi connectivity index (χ4n) is 5.02. The zero-order valence-corrected chi connectivity index (χ0v) is 17.5. The minimum Gasteiger partial charge on any atom is -0.376 e. The van der Waals surface area contributed by atoms with Crippen LogP contribution in [0.25, 0.3) is 0 Å². The van der Waals surface area contributed by atoms with Gasteiger partial charge in [-0.25, -0.2) is 0 Å². The van der Waals surface area contributed by atoms with Crippen LogP contribution >= 0.6 is 0 Å². The third kappa shape index (κ3) is 4.88. The van der Waals surface area contributed by atoms with Crippen LogP contribution in [0.4, 0.5) is 0 Å². The smallest absolute Gasteiger partial charge is 0.0354 e. The van der Waals surface area contributed by atoms with Gasteiger partial charge in [-0.3, -0.25) is 0 Å². The van der Waals surface area contributed by atoms with E-state index in [1.54, 1.807) is 0 Å². The van der Waals surface area contributed by atoms with Gasteiger partial charge < -0.3 is 9.80 Å². The zero-order valence-electron chi connectivity index (χ0n) is 17.5. The van der Waals surface area contributed by atoms with Crippen molar-refractivity contribution in [2.45, 2.75) is 47.0 Å². The molecule has 2 heteroatoms. The molecule has 1 aliphatic heterocycles. The molecule has 2 aliphatic rings. The maximum atomic E-state index is 2.46. The summed E-state index contributed by atoms with van der Waals surface area (Å²) in [7, 11) is 6.49. The molecule has 25 heavy (non-hydrogen) atoms. The van der Waals surface area contributed by atoms with E-state index in [0.717, 1.165) is 19.0 Å². The molecule has 2 atom stereocenters. The van der Waals surface area contributed by atoms with E-state index in [9.17, 15) is 0 Å². The van der Waals surface area contributed by atoms with Crippen molar-refractivity contribution in [3.63, 3.8) is 0 Å². The SMILES string of the molecule is C/C=C\C(=C/CN(C)C)C1(C2=CN(C)CC=C2)CC(C)CC(C)(C)C1. The predicted molar refractivity (Wildman–Crippen MR) is 111 cm³/mol. The number of hydrogen-bond donors (Lipinski definition) is 0. The largest absolute Gasteiger partial charge is 0.376 e. The van der Waals surface area contributed by atoms with Gasteiger partial charge in [-0.2, -0.15) is 0 Å². The molecule has 0 bridgehead atoms. The van der Waals surface area contributed by atoms with Crippen molar-refractivity contribution in [1.29, 1.82) is 0 Å². The highest BCUT2D eigenvalue weighted by atomic mass is 15.1. The Morgan fingerprint density at radius 1 is 1.32 bits per heavy atom. The molecule has 0 spiro atoms. The van der Waals surface area contributed by atoms with Gasteiger partial charge in [-0.15, -0.1) is 0 Å². The normalized spacial score (nSPS) is 30.2. The first-order chi connectivity index (χ1) is 11.7. The van der Waals surface area contributed by atoms with E-state index in [-0.39, 0.29) is 5.41 Å².